The van der Waals surface area contributed by atoms with Gasteiger partial charge in [-0.1, -0.05) is 22.0 Å². The average molecular weight is 267 g/mol. The van der Waals surface area contributed by atoms with Crippen molar-refractivity contribution in [3.63, 3.8) is 0 Å². The Kier molecular flexibility index (Phi) is 3.97. The molecule has 0 amide bonds. The Morgan fingerprint density at radius 2 is 1.86 bits per heavy atom. The molecule has 0 aromatic heterocycles. The van der Waals surface area contributed by atoms with Crippen LogP contribution in [0.5, 0.6) is 0 Å². The van der Waals surface area contributed by atoms with E-state index in [0.29, 0.717) is 0 Å². The number of halogens is 3. The van der Waals surface area contributed by atoms with Gasteiger partial charge in [0, 0.05) is 12.7 Å². The standard InChI is InChI=1S/C9H9BrF2O2/c1-14-9(13)8(10)7-5(11)3-2-4-6(7)12/h2-4,8-9,13H,1H3. The highest BCUT2D eigenvalue weighted by Crippen LogP contribution is 2.30. The van der Waals surface area contributed by atoms with E-state index in [1.54, 1.807) is 0 Å². The molecule has 1 aromatic rings. The summed E-state index contributed by atoms with van der Waals surface area (Å²) in [5, 5.41) is 9.23. The van der Waals surface area contributed by atoms with Crippen molar-refractivity contribution in [3.8, 4) is 0 Å². The van der Waals surface area contributed by atoms with Crippen LogP contribution in [0.3, 0.4) is 0 Å². The number of aliphatic hydroxyl groups is 1. The number of hydrogen-bond donors (Lipinski definition) is 1. The monoisotopic (exact) mass is 266 g/mol. The molecule has 0 heterocycles. The lowest BCUT2D eigenvalue weighted by molar-refractivity contribution is -0.0737. The molecule has 2 unspecified atom stereocenters. The summed E-state index contributed by atoms with van der Waals surface area (Å²) in [5.41, 5.74) is -0.234. The van der Waals surface area contributed by atoms with Crippen LogP contribution in [0.15, 0.2) is 18.2 Å². The molecule has 14 heavy (non-hydrogen) atoms. The molecule has 0 aliphatic carbocycles. The SMILES string of the molecule is COC(O)C(Br)c1c(F)cccc1F. The molecule has 2 nitrogen and oxygen atoms in total. The van der Waals surface area contributed by atoms with E-state index in [0.717, 1.165) is 12.1 Å². The van der Waals surface area contributed by atoms with Gasteiger partial charge in [-0.25, -0.2) is 8.78 Å². The third-order valence-electron chi connectivity index (χ3n) is 1.77. The third-order valence-corrected chi connectivity index (χ3v) is 2.68. The van der Waals surface area contributed by atoms with Crippen molar-refractivity contribution in [2.45, 2.75) is 11.1 Å². The van der Waals surface area contributed by atoms with E-state index in [-0.39, 0.29) is 5.56 Å². The van der Waals surface area contributed by atoms with E-state index >= 15 is 0 Å². The maximum absolute atomic E-state index is 13.2. The number of benzene rings is 1. The quantitative estimate of drug-likeness (QED) is 0.673. The summed E-state index contributed by atoms with van der Waals surface area (Å²) in [6.45, 7) is 0. The van der Waals surface area contributed by atoms with E-state index in [1.807, 2.05) is 0 Å². The fraction of sp³-hybridized carbons (Fsp3) is 0.333. The Morgan fingerprint density at radius 3 is 2.29 bits per heavy atom. The zero-order valence-corrected chi connectivity index (χ0v) is 8.96. The first-order valence-corrected chi connectivity index (χ1v) is 4.78. The van der Waals surface area contributed by atoms with Crippen molar-refractivity contribution in [2.75, 3.05) is 7.11 Å². The molecule has 0 aliphatic rings. The molecule has 0 radical (unpaired) electrons. The molecule has 5 heteroatoms. The lowest BCUT2D eigenvalue weighted by atomic mass is 10.1. The topological polar surface area (TPSA) is 29.5 Å². The van der Waals surface area contributed by atoms with Crippen LogP contribution in [-0.4, -0.2) is 18.5 Å². The lowest BCUT2D eigenvalue weighted by Gasteiger charge is -2.16. The minimum Gasteiger partial charge on any atom is -0.367 e. The van der Waals surface area contributed by atoms with E-state index in [1.165, 1.54) is 13.2 Å². The summed E-state index contributed by atoms with van der Waals surface area (Å²) in [7, 11) is 1.25. The second-order valence-corrected chi connectivity index (χ2v) is 3.65. The van der Waals surface area contributed by atoms with E-state index in [9.17, 15) is 13.9 Å². The zero-order chi connectivity index (χ0) is 10.7. The number of methoxy groups -OCH3 is 1. The van der Waals surface area contributed by atoms with Crippen LogP contribution in [0.2, 0.25) is 0 Å². The first-order valence-electron chi connectivity index (χ1n) is 3.86. The molecule has 0 saturated carbocycles. The summed E-state index contributed by atoms with van der Waals surface area (Å²) in [4.78, 5) is -0.923. The summed E-state index contributed by atoms with van der Waals surface area (Å²) in [6.07, 6.45) is -1.29. The molecule has 1 N–H and O–H groups in total. The maximum Gasteiger partial charge on any atom is 0.171 e. The predicted octanol–water partition coefficient (Wildman–Crippen LogP) is 2.37. The first-order chi connectivity index (χ1) is 6.57. The summed E-state index contributed by atoms with van der Waals surface area (Å²) in [6, 6.07) is 3.50. The maximum atomic E-state index is 13.2. The van der Waals surface area contributed by atoms with E-state index in [4.69, 9.17) is 0 Å². The van der Waals surface area contributed by atoms with Crippen LogP contribution in [0.4, 0.5) is 8.78 Å². The number of rotatable bonds is 3. The van der Waals surface area contributed by atoms with Crippen molar-refractivity contribution in [1.29, 1.82) is 0 Å². The van der Waals surface area contributed by atoms with Gasteiger partial charge in [0.15, 0.2) is 6.29 Å². The van der Waals surface area contributed by atoms with Crippen LogP contribution in [0.25, 0.3) is 0 Å². The molecule has 1 rings (SSSR count). The average Bonchev–Trinajstić information content (AvgIpc) is 2.16. The van der Waals surface area contributed by atoms with Crippen LogP contribution in [0, 0.1) is 11.6 Å². The van der Waals surface area contributed by atoms with Gasteiger partial charge in [-0.3, -0.25) is 0 Å². The Labute approximate surface area is 88.6 Å². The minimum atomic E-state index is -1.29. The van der Waals surface area contributed by atoms with Gasteiger partial charge in [0.1, 0.15) is 11.6 Å². The third kappa shape index (κ3) is 2.29. The Morgan fingerprint density at radius 1 is 1.36 bits per heavy atom. The molecular formula is C9H9BrF2O2. The number of hydrogen-bond acceptors (Lipinski definition) is 2. The fourth-order valence-electron chi connectivity index (χ4n) is 1.04. The fourth-order valence-corrected chi connectivity index (χ4v) is 1.69. The van der Waals surface area contributed by atoms with Crippen molar-refractivity contribution in [1.82, 2.24) is 0 Å². The highest BCUT2D eigenvalue weighted by Gasteiger charge is 2.24. The highest BCUT2D eigenvalue weighted by molar-refractivity contribution is 9.09. The van der Waals surface area contributed by atoms with E-state index in [2.05, 4.69) is 20.7 Å². The molecule has 0 saturated heterocycles. The first kappa shape index (κ1) is 11.6. The summed E-state index contributed by atoms with van der Waals surface area (Å²) in [5.74, 6) is -1.44. The molecule has 1 aromatic carbocycles. The van der Waals surface area contributed by atoms with Crippen LogP contribution in [-0.2, 0) is 4.74 Å². The van der Waals surface area contributed by atoms with Gasteiger partial charge in [-0.05, 0) is 12.1 Å². The van der Waals surface area contributed by atoms with Crippen molar-refractivity contribution in [3.05, 3.63) is 35.4 Å². The van der Waals surface area contributed by atoms with Gasteiger partial charge in [-0.15, -0.1) is 0 Å². The highest BCUT2D eigenvalue weighted by atomic mass is 79.9. The van der Waals surface area contributed by atoms with Crippen molar-refractivity contribution < 1.29 is 18.6 Å². The smallest absolute Gasteiger partial charge is 0.171 e. The minimum absolute atomic E-state index is 0.234. The van der Waals surface area contributed by atoms with Crippen LogP contribution in [0.1, 0.15) is 10.4 Å². The predicted molar refractivity (Wildman–Crippen MR) is 51.0 cm³/mol. The summed E-state index contributed by atoms with van der Waals surface area (Å²) >= 11 is 2.96. The second kappa shape index (κ2) is 4.82. The van der Waals surface area contributed by atoms with Gasteiger partial charge in [0.2, 0.25) is 0 Å². The van der Waals surface area contributed by atoms with E-state index < -0.39 is 22.8 Å². The summed E-state index contributed by atoms with van der Waals surface area (Å²) < 4.78 is 30.9. The molecular weight excluding hydrogens is 258 g/mol. The van der Waals surface area contributed by atoms with Crippen LogP contribution < -0.4 is 0 Å². The largest absolute Gasteiger partial charge is 0.367 e. The van der Waals surface area contributed by atoms with Gasteiger partial charge in [-0.2, -0.15) is 0 Å². The molecule has 2 atom stereocenters. The van der Waals surface area contributed by atoms with Gasteiger partial charge < -0.3 is 9.84 Å². The lowest BCUT2D eigenvalue weighted by Crippen LogP contribution is -2.17. The number of ether oxygens (including phenoxy) is 1. The Balaban J connectivity index is 3.05. The van der Waals surface area contributed by atoms with Crippen molar-refractivity contribution in [2.24, 2.45) is 0 Å². The van der Waals surface area contributed by atoms with Crippen LogP contribution >= 0.6 is 15.9 Å². The number of aliphatic hydroxyl groups excluding tert-OH is 1. The number of alkyl halides is 1. The van der Waals surface area contributed by atoms with Gasteiger partial charge in [0.05, 0.1) is 4.83 Å². The molecule has 0 bridgehead atoms. The Hall–Kier alpha value is -0.520. The van der Waals surface area contributed by atoms with Gasteiger partial charge >= 0.3 is 0 Å². The normalized spacial score (nSPS) is 15.2. The molecule has 78 valence electrons. The molecule has 0 fully saturated rings. The second-order valence-electron chi connectivity index (χ2n) is 2.66. The molecule has 0 aliphatic heterocycles. The van der Waals surface area contributed by atoms with Crippen molar-refractivity contribution >= 4 is 15.9 Å². The Bertz CT molecular complexity index is 299. The molecule has 0 spiro atoms. The zero-order valence-electron chi connectivity index (χ0n) is 7.38. The van der Waals surface area contributed by atoms with Gasteiger partial charge in [0.25, 0.3) is 0 Å².